The monoisotopic (exact) mass is 352 g/mol. The van der Waals surface area contributed by atoms with Crippen molar-refractivity contribution in [3.05, 3.63) is 41.9 Å². The summed E-state index contributed by atoms with van der Waals surface area (Å²) in [5.74, 6) is 1.77. The van der Waals surface area contributed by atoms with Gasteiger partial charge in [0, 0.05) is 32.2 Å². The van der Waals surface area contributed by atoms with Crippen LogP contribution in [0.3, 0.4) is 0 Å². The molecule has 1 aliphatic rings. The Labute approximate surface area is 152 Å². The molecule has 0 saturated carbocycles. The SMILES string of the molecule is Cc1cc(NC(=O)N2CCC(n3c(C)nc4ccccc43)CC2)n(C)n1. The molecule has 7 heteroatoms. The highest BCUT2D eigenvalue weighted by molar-refractivity contribution is 5.88. The number of piperidine rings is 1. The van der Waals surface area contributed by atoms with Crippen molar-refractivity contribution in [2.45, 2.75) is 32.7 Å². The Hall–Kier alpha value is -2.83. The van der Waals surface area contributed by atoms with Gasteiger partial charge >= 0.3 is 6.03 Å². The lowest BCUT2D eigenvalue weighted by atomic mass is 10.0. The molecule has 1 fully saturated rings. The lowest BCUT2D eigenvalue weighted by molar-refractivity contribution is 0.184. The van der Waals surface area contributed by atoms with Gasteiger partial charge in [0.25, 0.3) is 0 Å². The van der Waals surface area contributed by atoms with E-state index in [1.165, 1.54) is 5.52 Å². The molecule has 0 radical (unpaired) electrons. The lowest BCUT2D eigenvalue weighted by Gasteiger charge is -2.33. The number of imidazole rings is 1. The number of aryl methyl sites for hydroxylation is 3. The summed E-state index contributed by atoms with van der Waals surface area (Å²) >= 11 is 0. The van der Waals surface area contributed by atoms with Gasteiger partial charge in [-0.3, -0.25) is 10.00 Å². The van der Waals surface area contributed by atoms with Gasteiger partial charge in [0.15, 0.2) is 0 Å². The summed E-state index contributed by atoms with van der Waals surface area (Å²) < 4.78 is 4.02. The lowest BCUT2D eigenvalue weighted by Crippen LogP contribution is -2.41. The summed E-state index contributed by atoms with van der Waals surface area (Å²) in [5, 5.41) is 7.23. The Kier molecular flexibility index (Phi) is 4.14. The van der Waals surface area contributed by atoms with Crippen molar-refractivity contribution < 1.29 is 4.79 Å². The number of amides is 2. The highest BCUT2D eigenvalue weighted by atomic mass is 16.2. The van der Waals surface area contributed by atoms with E-state index in [1.54, 1.807) is 4.68 Å². The van der Waals surface area contributed by atoms with Gasteiger partial charge in [-0.25, -0.2) is 9.78 Å². The van der Waals surface area contributed by atoms with Crippen LogP contribution in [-0.4, -0.2) is 43.4 Å². The number of nitrogens with zero attached hydrogens (tertiary/aromatic N) is 5. The van der Waals surface area contributed by atoms with Crippen molar-refractivity contribution in [2.75, 3.05) is 18.4 Å². The van der Waals surface area contributed by atoms with Crippen LogP contribution in [0.25, 0.3) is 11.0 Å². The number of fused-ring (bicyclic) bond motifs is 1. The molecular formula is C19H24N6O. The van der Waals surface area contributed by atoms with Gasteiger partial charge in [0.05, 0.1) is 16.7 Å². The van der Waals surface area contributed by atoms with Gasteiger partial charge < -0.3 is 9.47 Å². The van der Waals surface area contributed by atoms with E-state index in [-0.39, 0.29) is 6.03 Å². The largest absolute Gasteiger partial charge is 0.325 e. The minimum atomic E-state index is -0.0568. The third-order valence-corrected chi connectivity index (χ3v) is 5.13. The first-order chi connectivity index (χ1) is 12.5. The minimum Gasteiger partial charge on any atom is -0.325 e. The van der Waals surface area contributed by atoms with E-state index in [0.29, 0.717) is 6.04 Å². The van der Waals surface area contributed by atoms with Crippen LogP contribution in [0.2, 0.25) is 0 Å². The zero-order valence-electron chi connectivity index (χ0n) is 15.4. The number of hydrogen-bond donors (Lipinski definition) is 1. The fraction of sp³-hybridized carbons (Fsp3) is 0.421. The zero-order valence-corrected chi connectivity index (χ0v) is 15.4. The maximum absolute atomic E-state index is 12.6. The molecule has 0 aliphatic carbocycles. The molecule has 136 valence electrons. The van der Waals surface area contributed by atoms with Crippen LogP contribution in [0.5, 0.6) is 0 Å². The molecule has 4 rings (SSSR count). The van der Waals surface area contributed by atoms with Crippen LogP contribution in [-0.2, 0) is 7.05 Å². The van der Waals surface area contributed by atoms with Crippen LogP contribution < -0.4 is 5.32 Å². The molecular weight excluding hydrogens is 328 g/mol. The summed E-state index contributed by atoms with van der Waals surface area (Å²) in [6.45, 7) is 5.45. The molecule has 1 aliphatic heterocycles. The number of aromatic nitrogens is 4. The molecule has 0 bridgehead atoms. The number of carbonyl (C=O) groups excluding carboxylic acids is 1. The average molecular weight is 352 g/mol. The van der Waals surface area contributed by atoms with Crippen molar-refractivity contribution in [1.82, 2.24) is 24.2 Å². The summed E-state index contributed by atoms with van der Waals surface area (Å²) in [7, 11) is 1.84. The van der Waals surface area contributed by atoms with E-state index in [4.69, 9.17) is 0 Å². The second-order valence-electron chi connectivity index (χ2n) is 6.96. The van der Waals surface area contributed by atoms with E-state index in [1.807, 2.05) is 31.0 Å². The van der Waals surface area contributed by atoms with Crippen LogP contribution in [0.15, 0.2) is 30.3 Å². The number of para-hydroxylation sites is 2. The predicted octanol–water partition coefficient (Wildman–Crippen LogP) is 3.26. The highest BCUT2D eigenvalue weighted by Crippen LogP contribution is 2.28. The normalized spacial score (nSPS) is 15.6. The number of hydrogen-bond acceptors (Lipinski definition) is 3. The molecule has 0 atom stereocenters. The average Bonchev–Trinajstić information content (AvgIpc) is 3.12. The smallest absolute Gasteiger partial charge is 0.323 e. The third kappa shape index (κ3) is 2.94. The van der Waals surface area contributed by atoms with Crippen molar-refractivity contribution >= 4 is 22.9 Å². The summed E-state index contributed by atoms with van der Waals surface area (Å²) in [6, 6.07) is 10.5. The molecule has 26 heavy (non-hydrogen) atoms. The summed E-state index contributed by atoms with van der Waals surface area (Å²) in [4.78, 5) is 19.1. The van der Waals surface area contributed by atoms with Gasteiger partial charge in [-0.05, 0) is 38.8 Å². The molecule has 1 saturated heterocycles. The van der Waals surface area contributed by atoms with Crippen LogP contribution in [0.1, 0.15) is 30.4 Å². The predicted molar refractivity (Wildman–Crippen MR) is 101 cm³/mol. The van der Waals surface area contributed by atoms with Gasteiger partial charge in [0.2, 0.25) is 0 Å². The number of likely N-dealkylation sites (tertiary alicyclic amines) is 1. The number of urea groups is 1. The molecule has 0 spiro atoms. The Balaban J connectivity index is 1.44. The van der Waals surface area contributed by atoms with E-state index in [9.17, 15) is 4.79 Å². The summed E-state index contributed by atoms with van der Waals surface area (Å²) in [5.41, 5.74) is 3.11. The van der Waals surface area contributed by atoms with Gasteiger partial charge in [0.1, 0.15) is 11.6 Å². The van der Waals surface area contributed by atoms with Crippen LogP contribution >= 0.6 is 0 Å². The molecule has 3 heterocycles. The molecule has 2 amide bonds. The molecule has 2 aromatic heterocycles. The first-order valence-electron chi connectivity index (χ1n) is 9.03. The number of anilines is 1. The zero-order chi connectivity index (χ0) is 18.3. The third-order valence-electron chi connectivity index (χ3n) is 5.13. The van der Waals surface area contributed by atoms with Crippen LogP contribution in [0, 0.1) is 13.8 Å². The standard InChI is InChI=1S/C19H24N6O/c1-13-12-18(23(3)22-13)21-19(26)24-10-8-15(9-11-24)25-14(2)20-16-6-4-5-7-17(16)25/h4-7,12,15H,8-11H2,1-3H3,(H,21,26). The number of nitrogens with one attached hydrogen (secondary N) is 1. The second-order valence-corrected chi connectivity index (χ2v) is 6.96. The first-order valence-corrected chi connectivity index (χ1v) is 9.03. The Morgan fingerprint density at radius 2 is 1.92 bits per heavy atom. The molecule has 7 nitrogen and oxygen atoms in total. The Bertz CT molecular complexity index is 948. The van der Waals surface area contributed by atoms with Crippen molar-refractivity contribution in [2.24, 2.45) is 7.05 Å². The molecule has 0 unspecified atom stereocenters. The quantitative estimate of drug-likeness (QED) is 0.770. The topological polar surface area (TPSA) is 68.0 Å². The highest BCUT2D eigenvalue weighted by Gasteiger charge is 2.26. The van der Waals surface area contributed by atoms with Gasteiger partial charge in [-0.15, -0.1) is 0 Å². The number of rotatable bonds is 2. The fourth-order valence-electron chi connectivity index (χ4n) is 3.87. The maximum Gasteiger partial charge on any atom is 0.323 e. The second kappa shape index (κ2) is 6.48. The number of carbonyl (C=O) groups is 1. The van der Waals surface area contributed by atoms with Crippen LogP contribution in [0.4, 0.5) is 10.6 Å². The van der Waals surface area contributed by atoms with Gasteiger partial charge in [-0.2, -0.15) is 5.10 Å². The molecule has 1 N–H and O–H groups in total. The molecule has 1 aromatic carbocycles. The van der Waals surface area contributed by atoms with Crippen molar-refractivity contribution in [1.29, 1.82) is 0 Å². The minimum absolute atomic E-state index is 0.0568. The van der Waals surface area contributed by atoms with Crippen molar-refractivity contribution in [3.8, 4) is 0 Å². The van der Waals surface area contributed by atoms with E-state index < -0.39 is 0 Å². The Morgan fingerprint density at radius 3 is 2.62 bits per heavy atom. The Morgan fingerprint density at radius 1 is 1.19 bits per heavy atom. The number of benzene rings is 1. The van der Waals surface area contributed by atoms with E-state index in [2.05, 4.69) is 45.1 Å². The van der Waals surface area contributed by atoms with E-state index >= 15 is 0 Å². The first kappa shape index (κ1) is 16.6. The van der Waals surface area contributed by atoms with Crippen molar-refractivity contribution in [3.63, 3.8) is 0 Å². The van der Waals surface area contributed by atoms with Gasteiger partial charge in [-0.1, -0.05) is 12.1 Å². The van der Waals surface area contributed by atoms with E-state index in [0.717, 1.165) is 48.8 Å². The fourth-order valence-corrected chi connectivity index (χ4v) is 3.87. The summed E-state index contributed by atoms with van der Waals surface area (Å²) in [6.07, 6.45) is 1.86. The molecule has 3 aromatic rings. The maximum atomic E-state index is 12.6.